The van der Waals surface area contributed by atoms with Crippen molar-refractivity contribution in [1.29, 1.82) is 0 Å². The van der Waals surface area contributed by atoms with Crippen LogP contribution in [0, 0.1) is 15.9 Å². The van der Waals surface area contributed by atoms with Crippen molar-refractivity contribution in [3.8, 4) is 0 Å². The molecule has 0 fully saturated rings. The summed E-state index contributed by atoms with van der Waals surface area (Å²) >= 11 is 0. The Labute approximate surface area is 159 Å². The van der Waals surface area contributed by atoms with Crippen molar-refractivity contribution in [1.82, 2.24) is 0 Å². The van der Waals surface area contributed by atoms with Crippen LogP contribution in [-0.4, -0.2) is 23.9 Å². The molecule has 28 heavy (non-hydrogen) atoms. The van der Waals surface area contributed by atoms with Gasteiger partial charge in [-0.2, -0.15) is 0 Å². The van der Waals surface area contributed by atoms with Crippen LogP contribution in [0.2, 0.25) is 0 Å². The minimum absolute atomic E-state index is 0.0363. The number of anilines is 1. The van der Waals surface area contributed by atoms with Crippen molar-refractivity contribution in [2.24, 2.45) is 0 Å². The summed E-state index contributed by atoms with van der Waals surface area (Å²) in [7, 11) is 1.19. The van der Waals surface area contributed by atoms with Crippen LogP contribution < -0.4 is 4.90 Å². The number of hydrogen-bond donors (Lipinski definition) is 0. The van der Waals surface area contributed by atoms with Crippen LogP contribution in [0.15, 0.2) is 65.4 Å². The van der Waals surface area contributed by atoms with E-state index in [1.54, 1.807) is 13.0 Å². The molecular weight excluding hydrogens is 367 g/mol. The molecule has 0 unspecified atom stereocenters. The first kappa shape index (κ1) is 19.0. The van der Waals surface area contributed by atoms with Crippen molar-refractivity contribution in [2.45, 2.75) is 6.92 Å². The van der Waals surface area contributed by atoms with Gasteiger partial charge in [0.2, 0.25) is 0 Å². The van der Waals surface area contributed by atoms with Gasteiger partial charge in [-0.3, -0.25) is 19.8 Å². The number of non-ortho nitro benzene ring substituents is 1. The standard InChI is InChI=1S/C20H15FN2O5/c1-12-18(20(25)28-2)17(11-13-4-3-5-16(10-13)23(26)27)19(24)22(12)15-8-6-14(21)7-9-15/h3-11H,1-2H3/b17-11-. The zero-order chi connectivity index (χ0) is 20.4. The van der Waals surface area contributed by atoms with Gasteiger partial charge in [-0.15, -0.1) is 0 Å². The quantitative estimate of drug-likeness (QED) is 0.349. The molecule has 0 atom stereocenters. The largest absolute Gasteiger partial charge is 0.465 e. The fourth-order valence-corrected chi connectivity index (χ4v) is 2.98. The molecule has 0 radical (unpaired) electrons. The third-order valence-electron chi connectivity index (χ3n) is 4.27. The van der Waals surface area contributed by atoms with Crippen LogP contribution >= 0.6 is 0 Å². The predicted molar refractivity (Wildman–Crippen MR) is 99.7 cm³/mol. The van der Waals surface area contributed by atoms with Gasteiger partial charge in [-0.1, -0.05) is 12.1 Å². The van der Waals surface area contributed by atoms with Gasteiger partial charge < -0.3 is 4.74 Å². The lowest BCUT2D eigenvalue weighted by Gasteiger charge is -2.17. The molecule has 2 aromatic carbocycles. The predicted octanol–water partition coefficient (Wildman–Crippen LogP) is 3.61. The lowest BCUT2D eigenvalue weighted by molar-refractivity contribution is -0.384. The van der Waals surface area contributed by atoms with Crippen LogP contribution in [-0.2, 0) is 14.3 Å². The number of carbonyl (C=O) groups excluding carboxylic acids is 2. The van der Waals surface area contributed by atoms with Gasteiger partial charge in [0.15, 0.2) is 0 Å². The highest BCUT2D eigenvalue weighted by atomic mass is 19.1. The number of nitro groups is 1. The number of carbonyl (C=O) groups is 2. The average Bonchev–Trinajstić information content (AvgIpc) is 2.92. The first-order valence-corrected chi connectivity index (χ1v) is 8.19. The summed E-state index contributed by atoms with van der Waals surface area (Å²) in [6, 6.07) is 10.9. The summed E-state index contributed by atoms with van der Waals surface area (Å²) < 4.78 is 18.0. The summed E-state index contributed by atoms with van der Waals surface area (Å²) in [5.74, 6) is -1.69. The van der Waals surface area contributed by atoms with Crippen molar-refractivity contribution < 1.29 is 23.6 Å². The van der Waals surface area contributed by atoms with E-state index in [0.717, 1.165) is 0 Å². The Morgan fingerprint density at radius 3 is 2.50 bits per heavy atom. The molecule has 7 nitrogen and oxygen atoms in total. The molecule has 1 aliphatic rings. The number of amides is 1. The Morgan fingerprint density at radius 1 is 1.21 bits per heavy atom. The molecule has 3 rings (SSSR count). The van der Waals surface area contributed by atoms with E-state index in [-0.39, 0.29) is 16.8 Å². The lowest BCUT2D eigenvalue weighted by atomic mass is 10.0. The minimum atomic E-state index is -0.716. The lowest BCUT2D eigenvalue weighted by Crippen LogP contribution is -2.24. The van der Waals surface area contributed by atoms with Gasteiger partial charge in [0, 0.05) is 23.5 Å². The van der Waals surface area contributed by atoms with Crippen LogP contribution in [0.3, 0.4) is 0 Å². The number of methoxy groups -OCH3 is 1. The number of hydrogen-bond acceptors (Lipinski definition) is 5. The molecule has 0 spiro atoms. The number of nitrogens with zero attached hydrogens (tertiary/aromatic N) is 2. The molecule has 0 aliphatic carbocycles. The van der Waals surface area contributed by atoms with Crippen LogP contribution in [0.4, 0.5) is 15.8 Å². The van der Waals surface area contributed by atoms with Crippen LogP contribution in [0.5, 0.6) is 0 Å². The fourth-order valence-electron chi connectivity index (χ4n) is 2.98. The molecule has 0 bridgehead atoms. The first-order chi connectivity index (χ1) is 13.3. The minimum Gasteiger partial charge on any atom is -0.465 e. The van der Waals surface area contributed by atoms with E-state index in [1.807, 2.05) is 0 Å². The van der Waals surface area contributed by atoms with E-state index in [2.05, 4.69) is 0 Å². The normalized spacial score (nSPS) is 15.3. The number of esters is 1. The van der Waals surface area contributed by atoms with Crippen LogP contribution in [0.1, 0.15) is 12.5 Å². The highest BCUT2D eigenvalue weighted by Gasteiger charge is 2.37. The van der Waals surface area contributed by atoms with E-state index in [1.165, 1.54) is 60.6 Å². The number of ether oxygens (including phenoxy) is 1. The molecule has 2 aromatic rings. The van der Waals surface area contributed by atoms with Gasteiger partial charge in [-0.25, -0.2) is 9.18 Å². The topological polar surface area (TPSA) is 89.8 Å². The molecule has 0 saturated carbocycles. The van der Waals surface area contributed by atoms with Crippen molar-refractivity contribution in [3.63, 3.8) is 0 Å². The Hall–Kier alpha value is -3.81. The number of rotatable bonds is 4. The molecule has 0 saturated heterocycles. The summed E-state index contributed by atoms with van der Waals surface area (Å²) in [4.78, 5) is 37.1. The Kier molecular flexibility index (Phi) is 5.04. The van der Waals surface area contributed by atoms with Gasteiger partial charge in [0.05, 0.1) is 23.2 Å². The van der Waals surface area contributed by atoms with E-state index < -0.39 is 22.6 Å². The maximum atomic E-state index is 13.2. The summed E-state index contributed by atoms with van der Waals surface area (Å²) in [6.07, 6.45) is 1.40. The maximum Gasteiger partial charge on any atom is 0.340 e. The molecular formula is C20H15FN2O5. The first-order valence-electron chi connectivity index (χ1n) is 8.19. The van der Waals surface area contributed by atoms with Gasteiger partial charge >= 0.3 is 5.97 Å². The summed E-state index contributed by atoms with van der Waals surface area (Å²) in [5, 5.41) is 11.0. The number of halogens is 1. The molecule has 1 heterocycles. The van der Waals surface area contributed by atoms with Crippen molar-refractivity contribution >= 4 is 29.3 Å². The smallest absolute Gasteiger partial charge is 0.340 e. The summed E-state index contributed by atoms with van der Waals surface area (Å²) in [6.45, 7) is 1.57. The second-order valence-electron chi connectivity index (χ2n) is 5.98. The second kappa shape index (κ2) is 7.43. The van der Waals surface area contributed by atoms with Gasteiger partial charge in [0.25, 0.3) is 11.6 Å². The number of allylic oxidation sites excluding steroid dienone is 1. The monoisotopic (exact) mass is 382 g/mol. The van der Waals surface area contributed by atoms with E-state index in [4.69, 9.17) is 4.74 Å². The molecule has 1 aliphatic heterocycles. The van der Waals surface area contributed by atoms with Crippen molar-refractivity contribution in [2.75, 3.05) is 12.0 Å². The maximum absolute atomic E-state index is 13.2. The van der Waals surface area contributed by atoms with E-state index >= 15 is 0 Å². The molecule has 1 amide bonds. The number of benzene rings is 2. The summed E-state index contributed by atoms with van der Waals surface area (Å²) in [5.41, 5.74) is 1.02. The Bertz CT molecular complexity index is 1040. The third-order valence-corrected chi connectivity index (χ3v) is 4.27. The SMILES string of the molecule is COC(=O)C1=C(C)N(c2ccc(F)cc2)C(=O)/C1=C\c1cccc([N+](=O)[O-])c1. The average molecular weight is 382 g/mol. The molecule has 0 N–H and O–H groups in total. The molecule has 142 valence electrons. The Balaban J connectivity index is 2.13. The fraction of sp³-hybridized carbons (Fsp3) is 0.100. The Morgan fingerprint density at radius 2 is 1.89 bits per heavy atom. The zero-order valence-electron chi connectivity index (χ0n) is 15.0. The molecule has 0 aromatic heterocycles. The zero-order valence-corrected chi connectivity index (χ0v) is 15.0. The van der Waals surface area contributed by atoms with Crippen molar-refractivity contribution in [3.05, 3.63) is 86.9 Å². The third kappa shape index (κ3) is 3.39. The highest BCUT2D eigenvalue weighted by molar-refractivity contribution is 6.23. The number of nitro benzene ring substituents is 1. The van der Waals surface area contributed by atoms with Crippen LogP contribution in [0.25, 0.3) is 6.08 Å². The van der Waals surface area contributed by atoms with Gasteiger partial charge in [0.1, 0.15) is 5.82 Å². The van der Waals surface area contributed by atoms with E-state index in [0.29, 0.717) is 16.9 Å². The second-order valence-corrected chi connectivity index (χ2v) is 5.98. The van der Waals surface area contributed by atoms with E-state index in [9.17, 15) is 24.1 Å². The van der Waals surface area contributed by atoms with Gasteiger partial charge in [-0.05, 0) is 42.8 Å². The molecule has 8 heteroatoms. The highest BCUT2D eigenvalue weighted by Crippen LogP contribution is 2.35.